The first kappa shape index (κ1) is 15.2. The molecule has 1 N–H and O–H groups in total. The summed E-state index contributed by atoms with van der Waals surface area (Å²) in [5, 5.41) is 8.98. The largest absolute Gasteiger partial charge is 0.396 e. The lowest BCUT2D eigenvalue weighted by Crippen LogP contribution is -2.38. The highest BCUT2D eigenvalue weighted by Gasteiger charge is 2.49. The van der Waals surface area contributed by atoms with Gasteiger partial charge in [0.1, 0.15) is 0 Å². The van der Waals surface area contributed by atoms with Gasteiger partial charge in [-0.25, -0.2) is 0 Å². The van der Waals surface area contributed by atoms with Crippen molar-refractivity contribution < 1.29 is 14.7 Å². The Morgan fingerprint density at radius 3 is 2.28 bits per heavy atom. The van der Waals surface area contributed by atoms with Gasteiger partial charge >= 0.3 is 0 Å². The minimum Gasteiger partial charge on any atom is -0.396 e. The zero-order valence-electron chi connectivity index (χ0n) is 11.7. The number of carbonyl (C=O) groups excluding carboxylic acids is 2. The van der Waals surface area contributed by atoms with Crippen molar-refractivity contribution in [2.75, 3.05) is 13.2 Å². The first-order chi connectivity index (χ1) is 8.54. The highest BCUT2D eigenvalue weighted by atomic mass is 16.3. The number of rotatable bonds is 7. The standard InChI is InChI=1S/C14H25NO3/c1-4-11(7-8-16)10-15-12(17)9-14(5-2,6-3)13(15)18/h11,16H,4-10H2,1-3H3. The maximum Gasteiger partial charge on any atom is 0.235 e. The second-order valence-electron chi connectivity index (χ2n) is 5.26. The molecular weight excluding hydrogens is 230 g/mol. The number of nitrogens with zero attached hydrogens (tertiary/aromatic N) is 1. The summed E-state index contributed by atoms with van der Waals surface area (Å²) in [4.78, 5) is 25.8. The van der Waals surface area contributed by atoms with E-state index in [-0.39, 0.29) is 24.3 Å². The van der Waals surface area contributed by atoms with E-state index >= 15 is 0 Å². The molecule has 0 spiro atoms. The Balaban J connectivity index is 2.78. The van der Waals surface area contributed by atoms with Gasteiger partial charge in [-0.1, -0.05) is 27.2 Å². The van der Waals surface area contributed by atoms with Crippen LogP contribution < -0.4 is 0 Å². The highest BCUT2D eigenvalue weighted by Crippen LogP contribution is 2.39. The van der Waals surface area contributed by atoms with Crippen LogP contribution in [-0.4, -0.2) is 35.0 Å². The molecule has 104 valence electrons. The normalized spacial score (nSPS) is 20.6. The van der Waals surface area contributed by atoms with Crippen molar-refractivity contribution in [2.45, 2.75) is 52.9 Å². The van der Waals surface area contributed by atoms with Crippen LogP contribution in [0.15, 0.2) is 0 Å². The van der Waals surface area contributed by atoms with Gasteiger partial charge in [-0.3, -0.25) is 14.5 Å². The van der Waals surface area contributed by atoms with Crippen LogP contribution in [0.25, 0.3) is 0 Å². The summed E-state index contributed by atoms with van der Waals surface area (Å²) in [7, 11) is 0. The minimum absolute atomic E-state index is 0.00566. The SMILES string of the molecule is CCC(CCO)CN1C(=O)CC(CC)(CC)C1=O. The van der Waals surface area contributed by atoms with Crippen LogP contribution in [0, 0.1) is 11.3 Å². The molecular formula is C14H25NO3. The van der Waals surface area contributed by atoms with E-state index in [1.54, 1.807) is 0 Å². The molecule has 1 heterocycles. The molecule has 0 aromatic rings. The number of likely N-dealkylation sites (tertiary alicyclic amines) is 1. The first-order valence-corrected chi connectivity index (χ1v) is 7.00. The number of hydrogen-bond acceptors (Lipinski definition) is 3. The summed E-state index contributed by atoms with van der Waals surface area (Å²) < 4.78 is 0. The molecule has 0 saturated carbocycles. The fourth-order valence-electron chi connectivity index (χ4n) is 2.71. The predicted octanol–water partition coefficient (Wildman–Crippen LogP) is 1.96. The van der Waals surface area contributed by atoms with Gasteiger partial charge in [-0.2, -0.15) is 0 Å². The number of hydrogen-bond donors (Lipinski definition) is 1. The zero-order valence-corrected chi connectivity index (χ0v) is 11.7. The molecule has 1 unspecified atom stereocenters. The third kappa shape index (κ3) is 2.74. The monoisotopic (exact) mass is 255 g/mol. The van der Waals surface area contributed by atoms with Crippen LogP contribution >= 0.6 is 0 Å². The van der Waals surface area contributed by atoms with E-state index in [9.17, 15) is 9.59 Å². The van der Waals surface area contributed by atoms with Crippen molar-refractivity contribution in [2.24, 2.45) is 11.3 Å². The Morgan fingerprint density at radius 1 is 1.28 bits per heavy atom. The Hall–Kier alpha value is -0.900. The predicted molar refractivity (Wildman–Crippen MR) is 69.8 cm³/mol. The lowest BCUT2D eigenvalue weighted by atomic mass is 9.81. The van der Waals surface area contributed by atoms with E-state index < -0.39 is 5.41 Å². The third-order valence-electron chi connectivity index (χ3n) is 4.40. The van der Waals surface area contributed by atoms with Crippen LogP contribution in [-0.2, 0) is 9.59 Å². The van der Waals surface area contributed by atoms with Crippen molar-refractivity contribution in [1.29, 1.82) is 0 Å². The maximum absolute atomic E-state index is 12.4. The van der Waals surface area contributed by atoms with Crippen LogP contribution in [0.3, 0.4) is 0 Å². The molecule has 4 nitrogen and oxygen atoms in total. The average Bonchev–Trinajstić information content (AvgIpc) is 2.62. The number of aliphatic hydroxyl groups excluding tert-OH is 1. The molecule has 1 aliphatic heterocycles. The molecule has 18 heavy (non-hydrogen) atoms. The van der Waals surface area contributed by atoms with E-state index in [2.05, 4.69) is 0 Å². The zero-order chi connectivity index (χ0) is 13.8. The summed E-state index contributed by atoms with van der Waals surface area (Å²) in [5.41, 5.74) is -0.464. The van der Waals surface area contributed by atoms with Crippen LogP contribution in [0.2, 0.25) is 0 Å². The first-order valence-electron chi connectivity index (χ1n) is 7.00. The summed E-state index contributed by atoms with van der Waals surface area (Å²) in [6, 6.07) is 0. The fourth-order valence-corrected chi connectivity index (χ4v) is 2.71. The second-order valence-corrected chi connectivity index (χ2v) is 5.26. The Morgan fingerprint density at radius 2 is 1.89 bits per heavy atom. The van der Waals surface area contributed by atoms with Gasteiger partial charge in [0.2, 0.25) is 11.8 Å². The van der Waals surface area contributed by atoms with E-state index in [0.717, 1.165) is 19.3 Å². The molecule has 0 radical (unpaired) electrons. The molecule has 0 aromatic heterocycles. The molecule has 2 amide bonds. The van der Waals surface area contributed by atoms with E-state index in [1.807, 2.05) is 20.8 Å². The molecule has 1 saturated heterocycles. The fraction of sp³-hybridized carbons (Fsp3) is 0.857. The average molecular weight is 255 g/mol. The maximum atomic E-state index is 12.4. The van der Waals surface area contributed by atoms with Gasteiger partial charge in [-0.05, 0) is 25.2 Å². The van der Waals surface area contributed by atoms with Crippen molar-refractivity contribution in [1.82, 2.24) is 4.90 Å². The number of carbonyl (C=O) groups is 2. The molecule has 1 rings (SSSR count). The van der Waals surface area contributed by atoms with Gasteiger partial charge in [0.25, 0.3) is 0 Å². The Labute approximate surface area is 109 Å². The lowest BCUT2D eigenvalue weighted by Gasteiger charge is -2.25. The molecule has 0 aromatic carbocycles. The smallest absolute Gasteiger partial charge is 0.235 e. The van der Waals surface area contributed by atoms with Crippen molar-refractivity contribution in [3.05, 3.63) is 0 Å². The number of aliphatic hydroxyl groups is 1. The van der Waals surface area contributed by atoms with Gasteiger partial charge in [0, 0.05) is 19.6 Å². The lowest BCUT2D eigenvalue weighted by molar-refractivity contribution is -0.142. The molecule has 1 atom stereocenters. The summed E-state index contributed by atoms with van der Waals surface area (Å²) in [6.07, 6.45) is 3.33. The summed E-state index contributed by atoms with van der Waals surface area (Å²) >= 11 is 0. The highest BCUT2D eigenvalue weighted by molar-refractivity contribution is 6.05. The van der Waals surface area contributed by atoms with Gasteiger partial charge in [0.05, 0.1) is 5.41 Å². The Bertz CT molecular complexity index is 310. The van der Waals surface area contributed by atoms with E-state index in [1.165, 1.54) is 4.90 Å². The van der Waals surface area contributed by atoms with Crippen molar-refractivity contribution in [3.8, 4) is 0 Å². The topological polar surface area (TPSA) is 57.6 Å². The second kappa shape index (κ2) is 6.32. The molecule has 1 aliphatic rings. The van der Waals surface area contributed by atoms with Crippen molar-refractivity contribution >= 4 is 11.8 Å². The van der Waals surface area contributed by atoms with Gasteiger partial charge < -0.3 is 5.11 Å². The molecule has 4 heteroatoms. The van der Waals surface area contributed by atoms with E-state index in [4.69, 9.17) is 5.11 Å². The quantitative estimate of drug-likeness (QED) is 0.707. The van der Waals surface area contributed by atoms with Gasteiger partial charge in [0.15, 0.2) is 0 Å². The third-order valence-corrected chi connectivity index (χ3v) is 4.40. The number of amides is 2. The van der Waals surface area contributed by atoms with Crippen LogP contribution in [0.1, 0.15) is 52.9 Å². The van der Waals surface area contributed by atoms with Crippen LogP contribution in [0.5, 0.6) is 0 Å². The van der Waals surface area contributed by atoms with Gasteiger partial charge in [-0.15, -0.1) is 0 Å². The minimum atomic E-state index is -0.464. The molecule has 0 aliphatic carbocycles. The van der Waals surface area contributed by atoms with Crippen LogP contribution in [0.4, 0.5) is 0 Å². The molecule has 1 fully saturated rings. The van der Waals surface area contributed by atoms with E-state index in [0.29, 0.717) is 19.4 Å². The van der Waals surface area contributed by atoms with Crippen molar-refractivity contribution in [3.63, 3.8) is 0 Å². The number of imide groups is 1. The molecule has 0 bridgehead atoms. The Kier molecular flexibility index (Phi) is 5.32. The summed E-state index contributed by atoms with van der Waals surface area (Å²) in [6.45, 7) is 6.56. The summed E-state index contributed by atoms with van der Waals surface area (Å²) in [5.74, 6) is 0.168.